The van der Waals surface area contributed by atoms with Crippen molar-refractivity contribution in [2.75, 3.05) is 10.6 Å². The Kier molecular flexibility index (Phi) is 3.44. The fraction of sp³-hybridized carbons (Fsp3) is 0.0588. The lowest BCUT2D eigenvalue weighted by Crippen LogP contribution is -2.01. The molecular weight excluding hydrogens is 306 g/mol. The molecule has 0 aliphatic carbocycles. The Hall–Kier alpha value is -2.86. The minimum absolute atomic E-state index is 0.536. The molecule has 0 saturated heterocycles. The Morgan fingerprint density at radius 2 is 1.96 bits per heavy atom. The highest BCUT2D eigenvalue weighted by molar-refractivity contribution is 7.80. The minimum Gasteiger partial charge on any atom is -0.349 e. The van der Waals surface area contributed by atoms with Crippen LogP contribution in [0.25, 0.3) is 11.4 Å². The molecule has 0 spiro atoms. The van der Waals surface area contributed by atoms with Gasteiger partial charge in [-0.2, -0.15) is 0 Å². The van der Waals surface area contributed by atoms with E-state index >= 15 is 0 Å². The molecule has 5 nitrogen and oxygen atoms in total. The Balaban J connectivity index is 1.60. The number of hydrogen-bond donors (Lipinski definition) is 2. The van der Waals surface area contributed by atoms with Gasteiger partial charge in [-0.25, -0.2) is 9.97 Å². The van der Waals surface area contributed by atoms with Gasteiger partial charge in [-0.1, -0.05) is 24.4 Å². The van der Waals surface area contributed by atoms with Gasteiger partial charge in [0.05, 0.1) is 16.4 Å². The van der Waals surface area contributed by atoms with Crippen LogP contribution in [0.2, 0.25) is 0 Å². The molecule has 6 heteroatoms. The second-order valence-corrected chi connectivity index (χ2v) is 5.70. The Morgan fingerprint density at radius 3 is 2.83 bits per heavy atom. The smallest absolute Gasteiger partial charge is 0.227 e. The van der Waals surface area contributed by atoms with Gasteiger partial charge in [0.2, 0.25) is 5.95 Å². The molecule has 2 aromatic heterocycles. The number of pyridine rings is 1. The summed E-state index contributed by atoms with van der Waals surface area (Å²) in [5.41, 5.74) is 4.77. The Labute approximate surface area is 138 Å². The van der Waals surface area contributed by atoms with Gasteiger partial charge in [0.1, 0.15) is 0 Å². The quantitative estimate of drug-likeness (QED) is 0.720. The van der Waals surface area contributed by atoms with E-state index in [0.29, 0.717) is 5.95 Å². The first-order valence-electron chi connectivity index (χ1n) is 7.22. The molecule has 4 rings (SSSR count). The molecule has 0 unspecified atom stereocenters. The van der Waals surface area contributed by atoms with Gasteiger partial charge < -0.3 is 10.6 Å². The first kappa shape index (κ1) is 13.8. The van der Waals surface area contributed by atoms with Crippen LogP contribution in [0.1, 0.15) is 5.56 Å². The maximum absolute atomic E-state index is 5.21. The van der Waals surface area contributed by atoms with Crippen LogP contribution < -0.4 is 10.6 Å². The lowest BCUT2D eigenvalue weighted by atomic mass is 10.1. The minimum atomic E-state index is 0.536. The third-order valence-corrected chi connectivity index (χ3v) is 3.82. The molecule has 0 atom stereocenters. The van der Waals surface area contributed by atoms with Gasteiger partial charge in [-0.15, -0.1) is 0 Å². The largest absolute Gasteiger partial charge is 0.349 e. The number of aromatic nitrogens is 3. The number of rotatable bonds is 3. The third-order valence-electron chi connectivity index (χ3n) is 3.57. The van der Waals surface area contributed by atoms with Crippen molar-refractivity contribution in [1.29, 1.82) is 0 Å². The summed E-state index contributed by atoms with van der Waals surface area (Å²) in [5, 5.41) is 6.43. The van der Waals surface area contributed by atoms with E-state index < -0.39 is 0 Å². The van der Waals surface area contributed by atoms with E-state index in [0.717, 1.165) is 34.2 Å². The van der Waals surface area contributed by atoms with Crippen LogP contribution in [-0.4, -0.2) is 19.9 Å². The SMILES string of the molecule is S=C1Cc2ccc(Nc3nccc(-c4ccccn4)n3)cc2N1. The van der Waals surface area contributed by atoms with Gasteiger partial charge in [0.25, 0.3) is 0 Å². The van der Waals surface area contributed by atoms with Crippen LogP contribution in [0.3, 0.4) is 0 Å². The van der Waals surface area contributed by atoms with Gasteiger partial charge >= 0.3 is 0 Å². The van der Waals surface area contributed by atoms with Crippen molar-refractivity contribution in [1.82, 2.24) is 15.0 Å². The summed E-state index contributed by atoms with van der Waals surface area (Å²) in [6.07, 6.45) is 4.27. The van der Waals surface area contributed by atoms with E-state index in [2.05, 4.69) is 31.7 Å². The Morgan fingerprint density at radius 1 is 1.00 bits per heavy atom. The van der Waals surface area contributed by atoms with Crippen LogP contribution in [0.5, 0.6) is 0 Å². The molecule has 112 valence electrons. The second-order valence-electron chi connectivity index (χ2n) is 5.20. The normalized spacial score (nSPS) is 12.6. The molecule has 0 bridgehead atoms. The third kappa shape index (κ3) is 2.89. The maximum atomic E-state index is 5.21. The molecule has 0 radical (unpaired) electrons. The highest BCUT2D eigenvalue weighted by atomic mass is 32.1. The molecule has 23 heavy (non-hydrogen) atoms. The van der Waals surface area contributed by atoms with Gasteiger partial charge in [-0.3, -0.25) is 4.98 Å². The predicted molar refractivity (Wildman–Crippen MR) is 94.9 cm³/mol. The number of nitrogens with one attached hydrogen (secondary N) is 2. The molecule has 0 saturated carbocycles. The summed E-state index contributed by atoms with van der Waals surface area (Å²) in [6, 6.07) is 13.7. The van der Waals surface area contributed by atoms with Gasteiger partial charge in [-0.05, 0) is 35.9 Å². The monoisotopic (exact) mass is 319 g/mol. The van der Waals surface area contributed by atoms with E-state index in [4.69, 9.17) is 12.2 Å². The first-order chi connectivity index (χ1) is 11.3. The second kappa shape index (κ2) is 5.73. The van der Waals surface area contributed by atoms with Gasteiger partial charge in [0.15, 0.2) is 0 Å². The summed E-state index contributed by atoms with van der Waals surface area (Å²) in [7, 11) is 0. The molecular formula is C17H13N5S. The standard InChI is InChI=1S/C17H13N5S/c23-16-9-11-4-5-12(10-15(11)21-16)20-17-19-8-6-14(22-17)13-3-1-2-7-18-13/h1-8,10H,9H2,(H,21,23)(H,19,20,22). The molecule has 0 amide bonds. The molecule has 3 aromatic rings. The van der Waals surface area contributed by atoms with Crippen molar-refractivity contribution in [2.24, 2.45) is 0 Å². The number of benzene rings is 1. The Bertz CT molecular complexity index is 879. The first-order valence-corrected chi connectivity index (χ1v) is 7.63. The lowest BCUT2D eigenvalue weighted by Gasteiger charge is -2.08. The van der Waals surface area contributed by atoms with Gasteiger partial charge in [0, 0.05) is 30.2 Å². The number of nitrogens with zero attached hydrogens (tertiary/aromatic N) is 3. The lowest BCUT2D eigenvalue weighted by molar-refractivity contribution is 1.15. The molecule has 1 aliphatic rings. The van der Waals surface area contributed by atoms with Crippen molar-refractivity contribution in [2.45, 2.75) is 6.42 Å². The van der Waals surface area contributed by atoms with E-state index in [9.17, 15) is 0 Å². The fourth-order valence-electron chi connectivity index (χ4n) is 2.50. The predicted octanol–water partition coefficient (Wildman–Crippen LogP) is 3.58. The summed E-state index contributed by atoms with van der Waals surface area (Å²) >= 11 is 5.21. The summed E-state index contributed by atoms with van der Waals surface area (Å²) in [6.45, 7) is 0. The number of thiocarbonyl (C=S) groups is 1. The number of anilines is 3. The van der Waals surface area contributed by atoms with Crippen LogP contribution in [0.15, 0.2) is 54.9 Å². The van der Waals surface area contributed by atoms with Crippen molar-refractivity contribution >= 4 is 34.5 Å². The van der Waals surface area contributed by atoms with Crippen LogP contribution in [-0.2, 0) is 6.42 Å². The van der Waals surface area contributed by atoms with E-state index in [-0.39, 0.29) is 0 Å². The maximum Gasteiger partial charge on any atom is 0.227 e. The van der Waals surface area contributed by atoms with Crippen molar-refractivity contribution < 1.29 is 0 Å². The van der Waals surface area contributed by atoms with Crippen LogP contribution in [0, 0.1) is 0 Å². The molecule has 2 N–H and O–H groups in total. The van der Waals surface area contributed by atoms with Crippen molar-refractivity contribution in [3.8, 4) is 11.4 Å². The molecule has 3 heterocycles. The van der Waals surface area contributed by atoms with Crippen molar-refractivity contribution in [3.63, 3.8) is 0 Å². The number of hydrogen-bond acceptors (Lipinski definition) is 5. The summed E-state index contributed by atoms with van der Waals surface area (Å²) in [5.74, 6) is 0.536. The summed E-state index contributed by atoms with van der Waals surface area (Å²) < 4.78 is 0. The zero-order valence-electron chi connectivity index (χ0n) is 12.2. The van der Waals surface area contributed by atoms with E-state index in [1.165, 1.54) is 5.56 Å². The molecule has 0 fully saturated rings. The average Bonchev–Trinajstić information content (AvgIpc) is 2.95. The topological polar surface area (TPSA) is 62.7 Å². The number of fused-ring (bicyclic) bond motifs is 1. The molecule has 1 aliphatic heterocycles. The van der Waals surface area contributed by atoms with E-state index in [1.54, 1.807) is 12.4 Å². The zero-order chi connectivity index (χ0) is 15.6. The zero-order valence-corrected chi connectivity index (χ0v) is 13.0. The average molecular weight is 319 g/mol. The molecule has 1 aromatic carbocycles. The highest BCUT2D eigenvalue weighted by Crippen LogP contribution is 2.28. The van der Waals surface area contributed by atoms with Crippen molar-refractivity contribution in [3.05, 3.63) is 60.4 Å². The highest BCUT2D eigenvalue weighted by Gasteiger charge is 2.14. The van der Waals surface area contributed by atoms with Crippen LogP contribution >= 0.6 is 12.2 Å². The van der Waals surface area contributed by atoms with E-state index in [1.807, 2.05) is 36.4 Å². The fourth-order valence-corrected chi connectivity index (χ4v) is 2.76. The summed E-state index contributed by atoms with van der Waals surface area (Å²) in [4.78, 5) is 14.0. The van der Waals surface area contributed by atoms with Crippen LogP contribution in [0.4, 0.5) is 17.3 Å².